The average molecular weight is 280 g/mol. The molecule has 4 unspecified atom stereocenters. The minimum absolute atomic E-state index is 0.0975. The molecule has 1 aromatic rings. The van der Waals surface area contributed by atoms with Gasteiger partial charge in [0.2, 0.25) is 0 Å². The first-order chi connectivity index (χ1) is 9.54. The van der Waals surface area contributed by atoms with Gasteiger partial charge < -0.3 is 10.8 Å². The van der Waals surface area contributed by atoms with Gasteiger partial charge in [0.25, 0.3) is 0 Å². The zero-order valence-corrected chi connectivity index (χ0v) is 12.3. The number of aliphatic hydroxyl groups excluding tert-OH is 1. The van der Waals surface area contributed by atoms with Crippen LogP contribution in [0.3, 0.4) is 0 Å². The molecule has 0 saturated carbocycles. The minimum Gasteiger partial charge on any atom is -0.393 e. The molecule has 1 aromatic carbocycles. The summed E-state index contributed by atoms with van der Waals surface area (Å²) in [5, 5.41) is 9.74. The molecule has 0 radical (unpaired) electrons. The highest BCUT2D eigenvalue weighted by Crippen LogP contribution is 2.32. The fourth-order valence-electron chi connectivity index (χ4n) is 3.10. The fourth-order valence-corrected chi connectivity index (χ4v) is 3.10. The summed E-state index contributed by atoms with van der Waals surface area (Å²) in [6, 6.07) is 6.68. The molecule has 0 spiro atoms. The molecule has 1 saturated heterocycles. The second-order valence-corrected chi connectivity index (χ2v) is 5.82. The third-order valence-corrected chi connectivity index (χ3v) is 4.43. The van der Waals surface area contributed by atoms with Crippen LogP contribution in [-0.2, 0) is 0 Å². The smallest absolute Gasteiger partial charge is 0.128 e. The number of nitrogens with two attached hydrogens (primary N) is 1. The normalized spacial score (nSPS) is 24.6. The molecule has 1 fully saturated rings. The van der Waals surface area contributed by atoms with Gasteiger partial charge in [0, 0.05) is 18.2 Å². The summed E-state index contributed by atoms with van der Waals surface area (Å²) < 4.78 is 14.1. The molecular weight excluding hydrogens is 255 g/mol. The van der Waals surface area contributed by atoms with E-state index in [1.54, 1.807) is 6.07 Å². The van der Waals surface area contributed by atoms with Gasteiger partial charge in [0.15, 0.2) is 0 Å². The molecular formula is C16H25FN2O. The molecule has 4 atom stereocenters. The molecule has 20 heavy (non-hydrogen) atoms. The van der Waals surface area contributed by atoms with E-state index in [4.69, 9.17) is 5.73 Å². The first-order valence-electron chi connectivity index (χ1n) is 7.46. The highest BCUT2D eigenvalue weighted by atomic mass is 19.1. The van der Waals surface area contributed by atoms with Crippen LogP contribution in [0.4, 0.5) is 4.39 Å². The lowest BCUT2D eigenvalue weighted by Gasteiger charge is -2.33. The van der Waals surface area contributed by atoms with Crippen LogP contribution in [0, 0.1) is 11.7 Å². The number of likely N-dealkylation sites (tertiary alicyclic amines) is 1. The van der Waals surface area contributed by atoms with Gasteiger partial charge in [-0.15, -0.1) is 0 Å². The molecule has 0 aromatic heterocycles. The lowest BCUT2D eigenvalue weighted by molar-refractivity contribution is 0.117. The first kappa shape index (κ1) is 15.4. The second kappa shape index (κ2) is 6.66. The van der Waals surface area contributed by atoms with Gasteiger partial charge in [0.1, 0.15) is 5.82 Å². The summed E-state index contributed by atoms with van der Waals surface area (Å²) in [5.41, 5.74) is 6.92. The second-order valence-electron chi connectivity index (χ2n) is 5.82. The molecule has 112 valence electrons. The third kappa shape index (κ3) is 3.19. The maximum Gasteiger partial charge on any atom is 0.128 e. The zero-order chi connectivity index (χ0) is 14.7. The van der Waals surface area contributed by atoms with Crippen molar-refractivity contribution in [2.45, 2.75) is 44.9 Å². The van der Waals surface area contributed by atoms with Crippen LogP contribution in [0.2, 0.25) is 0 Å². The van der Waals surface area contributed by atoms with E-state index in [0.29, 0.717) is 5.56 Å². The summed E-state index contributed by atoms with van der Waals surface area (Å²) in [6.45, 7) is 5.50. The van der Waals surface area contributed by atoms with Crippen LogP contribution < -0.4 is 5.73 Å². The van der Waals surface area contributed by atoms with Crippen LogP contribution in [0.15, 0.2) is 24.3 Å². The Hall–Kier alpha value is -0.970. The molecule has 3 nitrogen and oxygen atoms in total. The van der Waals surface area contributed by atoms with E-state index in [9.17, 15) is 9.50 Å². The van der Waals surface area contributed by atoms with Crippen molar-refractivity contribution in [2.24, 2.45) is 11.7 Å². The third-order valence-electron chi connectivity index (χ3n) is 4.43. The van der Waals surface area contributed by atoms with Crippen LogP contribution in [0.1, 0.15) is 38.3 Å². The summed E-state index contributed by atoms with van der Waals surface area (Å²) in [4.78, 5) is 2.23. The Bertz CT molecular complexity index is 438. The van der Waals surface area contributed by atoms with E-state index in [0.717, 1.165) is 25.9 Å². The van der Waals surface area contributed by atoms with Gasteiger partial charge in [0.05, 0.1) is 12.1 Å². The van der Waals surface area contributed by atoms with Crippen molar-refractivity contribution in [3.05, 3.63) is 35.6 Å². The molecule has 1 aliphatic heterocycles. The summed E-state index contributed by atoms with van der Waals surface area (Å²) in [5.74, 6) is 0.0650. The SMILES string of the molecule is CCC(N)C(c1ccccc1F)N1CCC(C(C)O)C1. The largest absolute Gasteiger partial charge is 0.393 e. The highest BCUT2D eigenvalue weighted by Gasteiger charge is 2.34. The van der Waals surface area contributed by atoms with Crippen molar-refractivity contribution in [1.82, 2.24) is 4.90 Å². The Kier molecular flexibility index (Phi) is 5.13. The van der Waals surface area contributed by atoms with Crippen molar-refractivity contribution in [3.63, 3.8) is 0 Å². The molecule has 0 amide bonds. The lowest BCUT2D eigenvalue weighted by atomic mass is 9.96. The van der Waals surface area contributed by atoms with E-state index < -0.39 is 0 Å². The number of hydrogen-bond donors (Lipinski definition) is 2. The van der Waals surface area contributed by atoms with E-state index in [1.165, 1.54) is 6.07 Å². The lowest BCUT2D eigenvalue weighted by Crippen LogP contribution is -2.40. The monoisotopic (exact) mass is 280 g/mol. The Morgan fingerprint density at radius 2 is 2.15 bits per heavy atom. The molecule has 0 bridgehead atoms. The summed E-state index contributed by atoms with van der Waals surface area (Å²) in [7, 11) is 0. The summed E-state index contributed by atoms with van der Waals surface area (Å²) in [6.07, 6.45) is 1.42. The number of aliphatic hydroxyl groups is 1. The number of benzene rings is 1. The summed E-state index contributed by atoms with van der Waals surface area (Å²) >= 11 is 0. The van der Waals surface area contributed by atoms with Crippen LogP contribution in [-0.4, -0.2) is 35.2 Å². The molecule has 1 heterocycles. The van der Waals surface area contributed by atoms with E-state index in [-0.39, 0.29) is 29.9 Å². The zero-order valence-electron chi connectivity index (χ0n) is 12.3. The quantitative estimate of drug-likeness (QED) is 0.870. The van der Waals surface area contributed by atoms with Gasteiger partial charge in [-0.1, -0.05) is 25.1 Å². The van der Waals surface area contributed by atoms with Gasteiger partial charge in [-0.05, 0) is 38.3 Å². The Balaban J connectivity index is 2.24. The topological polar surface area (TPSA) is 49.5 Å². The van der Waals surface area contributed by atoms with Crippen LogP contribution >= 0.6 is 0 Å². The van der Waals surface area contributed by atoms with Crippen LogP contribution in [0.25, 0.3) is 0 Å². The number of halogens is 1. The van der Waals surface area contributed by atoms with Gasteiger partial charge in [-0.3, -0.25) is 4.90 Å². The molecule has 0 aliphatic carbocycles. The number of nitrogens with zero attached hydrogens (tertiary/aromatic N) is 1. The molecule has 4 heteroatoms. The minimum atomic E-state index is -0.320. The first-order valence-corrected chi connectivity index (χ1v) is 7.46. The van der Waals surface area contributed by atoms with Gasteiger partial charge in [-0.25, -0.2) is 4.39 Å². The van der Waals surface area contributed by atoms with Crippen molar-refractivity contribution >= 4 is 0 Å². The maximum absolute atomic E-state index is 14.1. The van der Waals surface area contributed by atoms with Crippen LogP contribution in [0.5, 0.6) is 0 Å². The number of hydrogen-bond acceptors (Lipinski definition) is 3. The predicted molar refractivity (Wildman–Crippen MR) is 78.8 cm³/mol. The average Bonchev–Trinajstić information content (AvgIpc) is 2.90. The molecule has 1 aliphatic rings. The van der Waals surface area contributed by atoms with E-state index in [1.807, 2.05) is 26.0 Å². The Labute approximate surface area is 120 Å². The van der Waals surface area contributed by atoms with Crippen molar-refractivity contribution in [3.8, 4) is 0 Å². The van der Waals surface area contributed by atoms with Crippen molar-refractivity contribution < 1.29 is 9.50 Å². The van der Waals surface area contributed by atoms with Gasteiger partial charge in [-0.2, -0.15) is 0 Å². The Morgan fingerprint density at radius 3 is 2.70 bits per heavy atom. The van der Waals surface area contributed by atoms with E-state index >= 15 is 0 Å². The highest BCUT2D eigenvalue weighted by molar-refractivity contribution is 5.23. The molecule has 3 N–H and O–H groups in total. The fraction of sp³-hybridized carbons (Fsp3) is 0.625. The van der Waals surface area contributed by atoms with E-state index in [2.05, 4.69) is 4.90 Å². The van der Waals surface area contributed by atoms with Crippen molar-refractivity contribution in [1.29, 1.82) is 0 Å². The van der Waals surface area contributed by atoms with Gasteiger partial charge >= 0.3 is 0 Å². The van der Waals surface area contributed by atoms with Crippen molar-refractivity contribution in [2.75, 3.05) is 13.1 Å². The molecule has 2 rings (SSSR count). The predicted octanol–water partition coefficient (Wildman–Crippen LogP) is 2.31. The standard InChI is InChI=1S/C16H25FN2O/c1-3-15(18)16(13-6-4-5-7-14(13)17)19-9-8-12(10-19)11(2)20/h4-7,11-12,15-16,20H,3,8-10,18H2,1-2H3. The maximum atomic E-state index is 14.1. The Morgan fingerprint density at radius 1 is 1.45 bits per heavy atom. The number of rotatable bonds is 5.